The summed E-state index contributed by atoms with van der Waals surface area (Å²) in [7, 11) is 0. The molecule has 1 fully saturated rings. The molecule has 5 nitrogen and oxygen atoms in total. The molecule has 0 bridgehead atoms. The van der Waals surface area contributed by atoms with Gasteiger partial charge in [0.1, 0.15) is 11.6 Å². The quantitative estimate of drug-likeness (QED) is 0.845. The van der Waals surface area contributed by atoms with Crippen molar-refractivity contribution in [1.29, 1.82) is 0 Å². The maximum Gasteiger partial charge on any atom is 0.411 e. The Balaban J connectivity index is 1.93. The number of ether oxygens (including phenoxy) is 1. The lowest BCUT2D eigenvalue weighted by Gasteiger charge is -2.27. The molecule has 2 aromatic rings. The molecule has 1 saturated heterocycles. The fourth-order valence-corrected chi connectivity index (χ4v) is 3.92. The number of amides is 1. The first kappa shape index (κ1) is 19.9. The Morgan fingerprint density at radius 3 is 1.93 bits per heavy atom. The fraction of sp³-hybridized carbons (Fsp3) is 0.391. The summed E-state index contributed by atoms with van der Waals surface area (Å²) in [5.41, 5.74) is 1.57. The first-order chi connectivity index (χ1) is 13.3. The topological polar surface area (TPSA) is 66.8 Å². The minimum Gasteiger partial charge on any atom is -0.480 e. The van der Waals surface area contributed by atoms with E-state index in [2.05, 4.69) is 24.3 Å². The highest BCUT2D eigenvalue weighted by molar-refractivity contribution is 5.81. The van der Waals surface area contributed by atoms with Crippen LogP contribution < -0.4 is 0 Å². The molecule has 1 amide bonds. The van der Waals surface area contributed by atoms with Crippen LogP contribution in [0.15, 0.2) is 60.7 Å². The molecule has 2 unspecified atom stereocenters. The lowest BCUT2D eigenvalue weighted by molar-refractivity contribution is -0.142. The van der Waals surface area contributed by atoms with Crippen LogP contribution in [0.5, 0.6) is 0 Å². The summed E-state index contributed by atoms with van der Waals surface area (Å²) in [5, 5.41) is 9.72. The van der Waals surface area contributed by atoms with Gasteiger partial charge in [0.15, 0.2) is 0 Å². The molecule has 1 aliphatic heterocycles. The minimum absolute atomic E-state index is 0.0108. The number of hydrogen-bond donors (Lipinski definition) is 1. The van der Waals surface area contributed by atoms with Crippen molar-refractivity contribution in [3.63, 3.8) is 0 Å². The summed E-state index contributed by atoms with van der Waals surface area (Å²) in [6.07, 6.45) is -0.175. The molecular weight excluding hydrogens is 354 g/mol. The largest absolute Gasteiger partial charge is 0.480 e. The first-order valence-corrected chi connectivity index (χ1v) is 9.58. The SMILES string of the molecule is CC(C)(C)OC(=O)N1CC(C(c2ccccc2)c2ccccc2)CC1C(=O)O. The van der Waals surface area contributed by atoms with E-state index in [0.29, 0.717) is 13.0 Å². The molecule has 0 spiro atoms. The molecule has 3 rings (SSSR count). The molecule has 2 atom stereocenters. The third-order valence-electron chi connectivity index (χ3n) is 5.04. The van der Waals surface area contributed by atoms with Gasteiger partial charge in [0.25, 0.3) is 0 Å². The monoisotopic (exact) mass is 381 g/mol. The number of carbonyl (C=O) groups is 2. The van der Waals surface area contributed by atoms with Crippen LogP contribution in [-0.4, -0.2) is 40.3 Å². The number of rotatable bonds is 4. The molecule has 1 N–H and O–H groups in total. The van der Waals surface area contributed by atoms with Gasteiger partial charge in [0, 0.05) is 12.5 Å². The van der Waals surface area contributed by atoms with Crippen LogP contribution in [0.1, 0.15) is 44.2 Å². The number of likely N-dealkylation sites (tertiary alicyclic amines) is 1. The number of carboxylic acids is 1. The van der Waals surface area contributed by atoms with Gasteiger partial charge in [-0.15, -0.1) is 0 Å². The highest BCUT2D eigenvalue weighted by Crippen LogP contribution is 2.40. The van der Waals surface area contributed by atoms with Crippen LogP contribution in [-0.2, 0) is 9.53 Å². The number of nitrogens with zero attached hydrogens (tertiary/aromatic N) is 1. The van der Waals surface area contributed by atoms with Crippen molar-refractivity contribution in [3.05, 3.63) is 71.8 Å². The van der Waals surface area contributed by atoms with E-state index >= 15 is 0 Å². The molecular formula is C23H27NO4. The zero-order valence-corrected chi connectivity index (χ0v) is 16.5. The molecule has 2 aromatic carbocycles. The van der Waals surface area contributed by atoms with Gasteiger partial charge in [-0.2, -0.15) is 0 Å². The number of benzene rings is 2. The molecule has 5 heteroatoms. The molecule has 0 aliphatic carbocycles. The van der Waals surface area contributed by atoms with E-state index in [9.17, 15) is 14.7 Å². The molecule has 28 heavy (non-hydrogen) atoms. The van der Waals surface area contributed by atoms with Crippen LogP contribution in [0.4, 0.5) is 4.79 Å². The van der Waals surface area contributed by atoms with E-state index in [1.165, 1.54) is 4.90 Å². The minimum atomic E-state index is -0.992. The summed E-state index contributed by atoms with van der Waals surface area (Å²) < 4.78 is 5.47. The van der Waals surface area contributed by atoms with Crippen molar-refractivity contribution in [2.24, 2.45) is 5.92 Å². The smallest absolute Gasteiger partial charge is 0.411 e. The summed E-state index contributed by atoms with van der Waals surface area (Å²) >= 11 is 0. The van der Waals surface area contributed by atoms with Crippen LogP contribution in [0.25, 0.3) is 0 Å². The maximum atomic E-state index is 12.7. The highest BCUT2D eigenvalue weighted by atomic mass is 16.6. The highest BCUT2D eigenvalue weighted by Gasteiger charge is 2.44. The molecule has 148 valence electrons. The van der Waals surface area contributed by atoms with Gasteiger partial charge < -0.3 is 9.84 Å². The summed E-state index contributed by atoms with van der Waals surface area (Å²) in [4.78, 5) is 25.9. The molecule has 0 saturated carbocycles. The standard InChI is InChI=1S/C23H27NO4/c1-23(2,3)28-22(27)24-15-18(14-19(24)21(25)26)20(16-10-6-4-7-11-16)17-12-8-5-9-13-17/h4-13,18-20H,14-15H2,1-3H3,(H,25,26). The Morgan fingerprint density at radius 2 is 1.50 bits per heavy atom. The zero-order valence-electron chi connectivity index (χ0n) is 16.5. The van der Waals surface area contributed by atoms with Gasteiger partial charge in [-0.1, -0.05) is 60.7 Å². The number of carboxylic acid groups (broad SMARTS) is 1. The second-order valence-corrected chi connectivity index (χ2v) is 8.28. The third kappa shape index (κ3) is 4.53. The van der Waals surface area contributed by atoms with E-state index in [1.54, 1.807) is 20.8 Å². The van der Waals surface area contributed by atoms with Crippen molar-refractivity contribution in [1.82, 2.24) is 4.90 Å². The Morgan fingerprint density at radius 1 is 1.00 bits per heavy atom. The Hall–Kier alpha value is -2.82. The normalized spacial score (nSPS) is 19.6. The number of hydrogen-bond acceptors (Lipinski definition) is 3. The second kappa shape index (κ2) is 8.05. The average molecular weight is 381 g/mol. The van der Waals surface area contributed by atoms with Crippen molar-refractivity contribution in [2.45, 2.75) is 44.8 Å². The fourth-order valence-electron chi connectivity index (χ4n) is 3.92. The van der Waals surface area contributed by atoms with Gasteiger partial charge in [-0.05, 0) is 44.2 Å². The van der Waals surface area contributed by atoms with E-state index in [1.807, 2.05) is 36.4 Å². The van der Waals surface area contributed by atoms with Crippen LogP contribution in [0.2, 0.25) is 0 Å². The summed E-state index contributed by atoms with van der Waals surface area (Å²) in [6.45, 7) is 5.70. The van der Waals surface area contributed by atoms with Crippen molar-refractivity contribution >= 4 is 12.1 Å². The summed E-state index contributed by atoms with van der Waals surface area (Å²) in [6, 6.07) is 19.2. The van der Waals surface area contributed by atoms with Crippen molar-refractivity contribution < 1.29 is 19.4 Å². The number of aliphatic carboxylic acids is 1. The van der Waals surface area contributed by atoms with Crippen LogP contribution >= 0.6 is 0 Å². The van der Waals surface area contributed by atoms with Crippen LogP contribution in [0.3, 0.4) is 0 Å². The van der Waals surface area contributed by atoms with Gasteiger partial charge in [-0.25, -0.2) is 9.59 Å². The number of carbonyl (C=O) groups excluding carboxylic acids is 1. The Kier molecular flexibility index (Phi) is 5.73. The Labute approximate surface area is 165 Å². The van der Waals surface area contributed by atoms with Crippen molar-refractivity contribution in [2.75, 3.05) is 6.54 Å². The van der Waals surface area contributed by atoms with Gasteiger partial charge in [-0.3, -0.25) is 4.90 Å². The van der Waals surface area contributed by atoms with E-state index < -0.39 is 23.7 Å². The lowest BCUT2D eigenvalue weighted by Crippen LogP contribution is -2.43. The van der Waals surface area contributed by atoms with E-state index in [-0.39, 0.29) is 11.8 Å². The summed E-state index contributed by atoms with van der Waals surface area (Å²) in [5.74, 6) is -0.997. The zero-order chi connectivity index (χ0) is 20.3. The molecule has 1 heterocycles. The van der Waals surface area contributed by atoms with E-state index in [0.717, 1.165) is 11.1 Å². The molecule has 0 radical (unpaired) electrons. The predicted molar refractivity (Wildman–Crippen MR) is 107 cm³/mol. The first-order valence-electron chi connectivity index (χ1n) is 9.58. The molecule has 0 aromatic heterocycles. The predicted octanol–water partition coefficient (Wildman–Crippen LogP) is 4.53. The molecule has 1 aliphatic rings. The second-order valence-electron chi connectivity index (χ2n) is 8.28. The lowest BCUT2D eigenvalue weighted by atomic mass is 9.79. The average Bonchev–Trinajstić information content (AvgIpc) is 3.08. The van der Waals surface area contributed by atoms with Gasteiger partial charge in [0.05, 0.1) is 0 Å². The van der Waals surface area contributed by atoms with E-state index in [4.69, 9.17) is 4.74 Å². The van der Waals surface area contributed by atoms with Gasteiger partial charge >= 0.3 is 12.1 Å². The van der Waals surface area contributed by atoms with Gasteiger partial charge in [0.2, 0.25) is 0 Å². The third-order valence-corrected chi connectivity index (χ3v) is 5.04. The van der Waals surface area contributed by atoms with Crippen LogP contribution in [0, 0.1) is 5.92 Å². The maximum absolute atomic E-state index is 12.7. The van der Waals surface area contributed by atoms with Crippen molar-refractivity contribution in [3.8, 4) is 0 Å². The Bertz CT molecular complexity index is 774.